The van der Waals surface area contributed by atoms with Gasteiger partial charge in [-0.2, -0.15) is 60.7 Å². The molecule has 0 spiro atoms. The average molecular weight is 1660 g/mol. The van der Waals surface area contributed by atoms with Gasteiger partial charge in [0.15, 0.2) is 0 Å². The zero-order valence-electron chi connectivity index (χ0n) is 56.0. The molecule has 0 atom stereocenters. The number of benzene rings is 8. The van der Waals surface area contributed by atoms with E-state index in [1.807, 2.05) is 78.9 Å². The number of rotatable bonds is 10. The van der Waals surface area contributed by atoms with Crippen LogP contribution in [0, 0.1) is 12.1 Å². The van der Waals surface area contributed by atoms with Crippen molar-refractivity contribution >= 4 is 67.4 Å². The van der Waals surface area contributed by atoms with Crippen molar-refractivity contribution in [1.82, 2.24) is 29.1 Å². The smallest absolute Gasteiger partial charge is 0.146 e. The summed E-state index contributed by atoms with van der Waals surface area (Å²) >= 11 is 3.19. The molecule has 0 saturated heterocycles. The molecule has 6 aromatic heterocycles. The molecule has 0 aliphatic carbocycles. The monoisotopic (exact) mass is 1650 g/mol. The van der Waals surface area contributed by atoms with E-state index in [0.717, 1.165) is 131 Å². The number of pyridine rings is 4. The Kier molecular flexibility index (Phi) is 19.9. The summed E-state index contributed by atoms with van der Waals surface area (Å²) in [5.74, 6) is 0.485. The standard InChI is InChI=1S/2C42H38N3OS.2Pt/c1-41(2,3)29-25-33(42(4,5)6)39(46)37(26-29)45-36-20-14-13-19-31(36)32-21-22-34(44-40(32)45)35-23-28(27-15-9-7-10-16-27)24-38(43-35)47-30-17-11-8-12-18-30;1-41(2,3)29-21-22-35-31(25-29)32-26-33(42(4,5)6)39(44-40(32)45(35)36-19-13-14-20-37(36)46)34-23-28(27-15-9-7-10-16-27)24-38(43-34)47-30-17-11-8-12-18-30;;/h2*7-17,19-26,46H,1-6H3;;/q2*-1;;. The van der Waals surface area contributed by atoms with Gasteiger partial charge in [-0.05, 0) is 139 Å². The number of aromatic nitrogens is 6. The molecule has 8 aromatic carbocycles. The Balaban J connectivity index is 0.000000191. The molecule has 6 heterocycles. The van der Waals surface area contributed by atoms with Crippen LogP contribution in [0.2, 0.25) is 0 Å². The molecule has 0 fully saturated rings. The van der Waals surface area contributed by atoms with Gasteiger partial charge in [0.25, 0.3) is 0 Å². The molecule has 0 aliphatic rings. The number of hydrogen-bond acceptors (Lipinski definition) is 8. The van der Waals surface area contributed by atoms with Crippen LogP contribution >= 0.6 is 23.5 Å². The van der Waals surface area contributed by atoms with Crippen molar-refractivity contribution in [3.05, 3.63) is 265 Å². The van der Waals surface area contributed by atoms with Gasteiger partial charge in [-0.3, -0.25) is 9.13 Å². The summed E-state index contributed by atoms with van der Waals surface area (Å²) in [5, 5.41) is 29.1. The molecular weight excluding hydrogens is 1580 g/mol. The maximum Gasteiger partial charge on any atom is 0.146 e. The molecule has 0 radical (unpaired) electrons. The molecule has 12 heteroatoms. The van der Waals surface area contributed by atoms with Gasteiger partial charge < -0.3 is 10.2 Å². The second-order valence-corrected chi connectivity index (χ2v) is 30.3. The quantitative estimate of drug-likeness (QED) is 0.131. The first kappa shape index (κ1) is 69.0. The Hall–Kier alpha value is -8.36. The summed E-state index contributed by atoms with van der Waals surface area (Å²) in [7, 11) is 0. The van der Waals surface area contributed by atoms with E-state index in [1.165, 1.54) is 5.56 Å². The molecule has 8 nitrogen and oxygen atoms in total. The van der Waals surface area contributed by atoms with Crippen LogP contribution in [0.4, 0.5) is 0 Å². The molecule has 488 valence electrons. The van der Waals surface area contributed by atoms with Gasteiger partial charge >= 0.3 is 0 Å². The van der Waals surface area contributed by atoms with Crippen LogP contribution in [0.5, 0.6) is 11.5 Å². The van der Waals surface area contributed by atoms with Crippen LogP contribution in [0.25, 0.3) is 100 Å². The van der Waals surface area contributed by atoms with Crippen LogP contribution in [-0.4, -0.2) is 39.3 Å². The van der Waals surface area contributed by atoms with Crippen LogP contribution < -0.4 is 0 Å². The van der Waals surface area contributed by atoms with E-state index in [-0.39, 0.29) is 75.3 Å². The molecule has 0 bridgehead atoms. The first-order valence-electron chi connectivity index (χ1n) is 32.0. The number of phenols is 2. The van der Waals surface area contributed by atoms with E-state index >= 15 is 0 Å². The van der Waals surface area contributed by atoms with Crippen molar-refractivity contribution in [3.63, 3.8) is 0 Å². The summed E-state index contributed by atoms with van der Waals surface area (Å²) in [5.41, 5.74) is 16.4. The predicted molar refractivity (Wildman–Crippen MR) is 391 cm³/mol. The molecular formula is C84H76N6O2Pt2S2-2. The van der Waals surface area contributed by atoms with Gasteiger partial charge in [-0.15, -0.1) is 0 Å². The average Bonchev–Trinajstić information content (AvgIpc) is 1.61. The largest absolute Gasteiger partial charge is 0.506 e. The van der Waals surface area contributed by atoms with Crippen molar-refractivity contribution in [1.29, 1.82) is 0 Å². The van der Waals surface area contributed by atoms with Crippen molar-refractivity contribution in [3.8, 4) is 67.9 Å². The maximum absolute atomic E-state index is 12.0. The minimum absolute atomic E-state index is 0. The number of para-hydroxylation sites is 3. The third kappa shape index (κ3) is 14.2. The summed E-state index contributed by atoms with van der Waals surface area (Å²) in [6, 6.07) is 85.2. The SMILES string of the molecule is CC(C)(C)c1cc(-n2c3ccccc3c3ccc(-c4cc(-c5ccccc5)cc(Sc5[c-]cccc5)n4)nc32)c(O)c(C(C)(C)C)c1.CC(C)(C)c1ccc2c(c1)c1cc(C(C)(C)C)c(-c3cc(-c4ccccc4)cc(Sc4[c-]cccc4)n3)nc1n2-c1ccccc1O.[Pt].[Pt]. The van der Waals surface area contributed by atoms with E-state index in [9.17, 15) is 10.2 Å². The predicted octanol–water partition coefficient (Wildman–Crippen LogP) is 22.3. The van der Waals surface area contributed by atoms with Crippen LogP contribution in [0.3, 0.4) is 0 Å². The third-order valence-corrected chi connectivity index (χ3v) is 19.0. The van der Waals surface area contributed by atoms with E-state index in [1.54, 1.807) is 29.6 Å². The number of hydrogen-bond donors (Lipinski definition) is 2. The Morgan fingerprint density at radius 2 is 0.875 bits per heavy atom. The molecule has 0 aliphatic heterocycles. The molecule has 14 aromatic rings. The minimum atomic E-state index is -0.260. The normalized spacial score (nSPS) is 12.0. The van der Waals surface area contributed by atoms with Crippen molar-refractivity contribution in [2.24, 2.45) is 0 Å². The summed E-state index contributed by atoms with van der Waals surface area (Å²) in [4.78, 5) is 23.2. The third-order valence-electron chi connectivity index (χ3n) is 17.2. The summed E-state index contributed by atoms with van der Waals surface area (Å²) < 4.78 is 4.22. The van der Waals surface area contributed by atoms with Gasteiger partial charge in [0, 0.05) is 69.2 Å². The van der Waals surface area contributed by atoms with E-state index in [2.05, 4.69) is 250 Å². The van der Waals surface area contributed by atoms with Crippen LogP contribution in [0.1, 0.15) is 105 Å². The summed E-state index contributed by atoms with van der Waals surface area (Å²) in [6.07, 6.45) is 0. The minimum Gasteiger partial charge on any atom is -0.506 e. The fourth-order valence-electron chi connectivity index (χ4n) is 12.2. The zero-order chi connectivity index (χ0) is 65.8. The first-order valence-corrected chi connectivity index (χ1v) is 33.6. The van der Waals surface area contributed by atoms with Gasteiger partial charge in [0.05, 0.1) is 45.2 Å². The number of aromatic hydroxyl groups is 2. The van der Waals surface area contributed by atoms with E-state index in [4.69, 9.17) is 19.9 Å². The number of nitrogens with zero attached hydrogens (tertiary/aromatic N) is 6. The number of phenolic OH excluding ortho intramolecular Hbond substituents is 2. The fraction of sp³-hybridized carbons (Fsp3) is 0.190. The van der Waals surface area contributed by atoms with Gasteiger partial charge in [-0.25, -0.2) is 19.9 Å². The summed E-state index contributed by atoms with van der Waals surface area (Å²) in [6.45, 7) is 26.5. The van der Waals surface area contributed by atoms with Crippen LogP contribution in [0.15, 0.2) is 250 Å². The van der Waals surface area contributed by atoms with Crippen molar-refractivity contribution < 1.29 is 52.3 Å². The number of fused-ring (bicyclic) bond motifs is 6. The molecule has 0 unspecified atom stereocenters. The molecule has 0 saturated carbocycles. The van der Waals surface area contributed by atoms with E-state index < -0.39 is 0 Å². The van der Waals surface area contributed by atoms with Gasteiger partial charge in [-0.1, -0.05) is 220 Å². The molecule has 14 rings (SSSR count). The molecule has 0 amide bonds. The topological polar surface area (TPSA) is 102 Å². The van der Waals surface area contributed by atoms with Crippen molar-refractivity contribution in [2.75, 3.05) is 0 Å². The maximum atomic E-state index is 12.0. The second-order valence-electron chi connectivity index (χ2n) is 28.2. The Labute approximate surface area is 601 Å². The first-order chi connectivity index (χ1) is 44.9. The van der Waals surface area contributed by atoms with Crippen LogP contribution in [-0.2, 0) is 63.8 Å². The van der Waals surface area contributed by atoms with Crippen molar-refractivity contribution in [2.45, 2.75) is 125 Å². The Morgan fingerprint density at radius 1 is 0.354 bits per heavy atom. The Bertz CT molecular complexity index is 5140. The molecule has 96 heavy (non-hydrogen) atoms. The van der Waals surface area contributed by atoms with Gasteiger partial charge in [0.2, 0.25) is 0 Å². The molecule has 2 N–H and O–H groups in total. The van der Waals surface area contributed by atoms with Gasteiger partial charge in [0.1, 0.15) is 32.8 Å². The zero-order valence-corrected chi connectivity index (χ0v) is 62.1. The van der Waals surface area contributed by atoms with E-state index in [0.29, 0.717) is 5.69 Å². The Morgan fingerprint density at radius 3 is 1.45 bits per heavy atom. The fourth-order valence-corrected chi connectivity index (χ4v) is 13.8. The second kappa shape index (κ2) is 27.6.